The Morgan fingerprint density at radius 1 is 1.25 bits per heavy atom. The van der Waals surface area contributed by atoms with E-state index < -0.39 is 0 Å². The van der Waals surface area contributed by atoms with Crippen molar-refractivity contribution in [3.05, 3.63) is 21.9 Å². The molecule has 0 saturated heterocycles. The Balaban J connectivity index is 1.78. The molecule has 4 rings (SSSR count). The molecule has 1 nitrogen and oxygen atoms in total. The fourth-order valence-corrected chi connectivity index (χ4v) is 5.43. The van der Waals surface area contributed by atoms with E-state index in [0.29, 0.717) is 5.54 Å². The Bertz CT molecular complexity index is 397. The number of thiophene rings is 1. The second kappa shape index (κ2) is 3.33. The monoisotopic (exact) mass is 233 g/mol. The fraction of sp³-hybridized carbons (Fsp3) is 0.714. The lowest BCUT2D eigenvalue weighted by molar-refractivity contribution is 0.165. The highest BCUT2D eigenvalue weighted by Gasteiger charge is 2.46. The lowest BCUT2D eigenvalue weighted by Gasteiger charge is -2.44. The lowest BCUT2D eigenvalue weighted by Crippen LogP contribution is -2.50. The van der Waals surface area contributed by atoms with Crippen LogP contribution in [0, 0.1) is 11.8 Å². The molecule has 3 aliphatic rings. The van der Waals surface area contributed by atoms with Gasteiger partial charge in [0.05, 0.1) is 0 Å². The predicted octanol–water partition coefficient (Wildman–Crippen LogP) is 3.30. The first-order chi connectivity index (χ1) is 7.86. The van der Waals surface area contributed by atoms with Gasteiger partial charge in [-0.25, -0.2) is 0 Å². The van der Waals surface area contributed by atoms with Gasteiger partial charge < -0.3 is 5.32 Å². The van der Waals surface area contributed by atoms with Gasteiger partial charge in [0.2, 0.25) is 0 Å². The van der Waals surface area contributed by atoms with Crippen LogP contribution < -0.4 is 5.32 Å². The molecule has 2 unspecified atom stereocenters. The summed E-state index contributed by atoms with van der Waals surface area (Å²) in [7, 11) is 0. The van der Waals surface area contributed by atoms with E-state index in [4.69, 9.17) is 0 Å². The highest BCUT2D eigenvalue weighted by Crippen LogP contribution is 2.52. The van der Waals surface area contributed by atoms with Gasteiger partial charge in [-0.15, -0.1) is 11.3 Å². The maximum absolute atomic E-state index is 3.88. The van der Waals surface area contributed by atoms with Crippen LogP contribution in [0.1, 0.15) is 42.5 Å². The normalized spacial score (nSPS) is 41.2. The minimum atomic E-state index is 0.387. The number of hydrogen-bond donors (Lipinski definition) is 1. The lowest BCUT2D eigenvalue weighted by atomic mass is 9.70. The van der Waals surface area contributed by atoms with Crippen molar-refractivity contribution >= 4 is 11.3 Å². The summed E-state index contributed by atoms with van der Waals surface area (Å²) >= 11 is 1.98. The average molecular weight is 233 g/mol. The van der Waals surface area contributed by atoms with E-state index in [-0.39, 0.29) is 0 Å². The summed E-state index contributed by atoms with van der Waals surface area (Å²) < 4.78 is 0. The third-order valence-corrected chi connectivity index (χ3v) is 5.98. The van der Waals surface area contributed by atoms with Crippen LogP contribution in [-0.2, 0) is 12.0 Å². The van der Waals surface area contributed by atoms with Crippen LogP contribution in [0.15, 0.2) is 11.4 Å². The summed E-state index contributed by atoms with van der Waals surface area (Å²) in [5, 5.41) is 6.19. The van der Waals surface area contributed by atoms with Gasteiger partial charge in [0.15, 0.2) is 0 Å². The van der Waals surface area contributed by atoms with E-state index >= 15 is 0 Å². The molecule has 0 radical (unpaired) electrons. The maximum atomic E-state index is 3.88. The number of rotatable bonds is 0. The first-order valence-corrected chi connectivity index (χ1v) is 7.56. The van der Waals surface area contributed by atoms with E-state index in [1.807, 2.05) is 11.3 Å². The van der Waals surface area contributed by atoms with E-state index in [1.165, 1.54) is 45.1 Å². The topological polar surface area (TPSA) is 12.0 Å². The molecule has 1 N–H and O–H groups in total. The van der Waals surface area contributed by atoms with Crippen molar-refractivity contribution in [1.82, 2.24) is 5.32 Å². The number of fused-ring (bicyclic) bond motifs is 4. The van der Waals surface area contributed by atoms with Crippen LogP contribution in [0.2, 0.25) is 0 Å². The van der Waals surface area contributed by atoms with Crippen molar-refractivity contribution in [1.29, 1.82) is 0 Å². The van der Waals surface area contributed by atoms with Gasteiger partial charge in [-0.2, -0.15) is 0 Å². The molecule has 0 aromatic carbocycles. The Labute approximate surface area is 101 Å². The molecule has 2 bridgehead atoms. The molecule has 2 aliphatic carbocycles. The van der Waals surface area contributed by atoms with Crippen LogP contribution in [-0.4, -0.2) is 6.54 Å². The first-order valence-electron chi connectivity index (χ1n) is 6.68. The van der Waals surface area contributed by atoms with Gasteiger partial charge in [-0.05, 0) is 54.5 Å². The van der Waals surface area contributed by atoms with Gasteiger partial charge in [-0.1, -0.05) is 12.8 Å². The zero-order chi connectivity index (χ0) is 10.6. The highest BCUT2D eigenvalue weighted by molar-refractivity contribution is 7.10. The SMILES string of the molecule is c1cc2c(s1)CCNC21CC2CCC(C2)C1. The molecular formula is C14H19NS. The molecule has 86 valence electrons. The smallest absolute Gasteiger partial charge is 0.0451 e. The molecule has 1 aliphatic heterocycles. The van der Waals surface area contributed by atoms with Crippen molar-refractivity contribution in [3.8, 4) is 0 Å². The van der Waals surface area contributed by atoms with Crippen molar-refractivity contribution in [2.24, 2.45) is 11.8 Å². The molecule has 1 aromatic heterocycles. The fourth-order valence-electron chi connectivity index (χ4n) is 4.45. The largest absolute Gasteiger partial charge is 0.307 e. The van der Waals surface area contributed by atoms with Gasteiger partial charge in [0, 0.05) is 17.0 Å². The van der Waals surface area contributed by atoms with E-state index in [0.717, 1.165) is 11.8 Å². The Kier molecular flexibility index (Phi) is 2.01. The third kappa shape index (κ3) is 1.26. The highest BCUT2D eigenvalue weighted by atomic mass is 32.1. The first kappa shape index (κ1) is 9.67. The molecule has 1 spiro atoms. The zero-order valence-corrected chi connectivity index (χ0v) is 10.5. The molecule has 2 saturated carbocycles. The predicted molar refractivity (Wildman–Crippen MR) is 67.8 cm³/mol. The van der Waals surface area contributed by atoms with Crippen molar-refractivity contribution in [2.75, 3.05) is 6.54 Å². The van der Waals surface area contributed by atoms with Crippen molar-refractivity contribution in [2.45, 2.75) is 44.1 Å². The summed E-state index contributed by atoms with van der Waals surface area (Å²) in [6.07, 6.45) is 8.58. The zero-order valence-electron chi connectivity index (χ0n) is 9.67. The molecule has 2 heteroatoms. The van der Waals surface area contributed by atoms with Crippen LogP contribution in [0.5, 0.6) is 0 Å². The quantitative estimate of drug-likeness (QED) is 0.725. The van der Waals surface area contributed by atoms with E-state index in [1.54, 1.807) is 10.4 Å². The number of hydrogen-bond acceptors (Lipinski definition) is 2. The second-order valence-electron chi connectivity index (χ2n) is 5.97. The number of nitrogens with one attached hydrogen (secondary N) is 1. The second-order valence-corrected chi connectivity index (χ2v) is 6.97. The average Bonchev–Trinajstić information content (AvgIpc) is 2.87. The Hall–Kier alpha value is -0.340. The summed E-state index contributed by atoms with van der Waals surface area (Å²) in [5.74, 6) is 2.02. The van der Waals surface area contributed by atoms with Gasteiger partial charge in [0.25, 0.3) is 0 Å². The van der Waals surface area contributed by atoms with Crippen molar-refractivity contribution < 1.29 is 0 Å². The summed E-state index contributed by atoms with van der Waals surface area (Å²) in [6.45, 7) is 1.20. The van der Waals surface area contributed by atoms with Crippen LogP contribution >= 0.6 is 11.3 Å². The summed E-state index contributed by atoms with van der Waals surface area (Å²) in [5.41, 5.74) is 2.05. The summed E-state index contributed by atoms with van der Waals surface area (Å²) in [4.78, 5) is 1.67. The van der Waals surface area contributed by atoms with Crippen LogP contribution in [0.25, 0.3) is 0 Å². The van der Waals surface area contributed by atoms with Gasteiger partial charge >= 0.3 is 0 Å². The van der Waals surface area contributed by atoms with Gasteiger partial charge in [-0.3, -0.25) is 0 Å². The van der Waals surface area contributed by atoms with Crippen LogP contribution in [0.4, 0.5) is 0 Å². The maximum Gasteiger partial charge on any atom is 0.0451 e. The molecular weight excluding hydrogens is 214 g/mol. The van der Waals surface area contributed by atoms with E-state index in [2.05, 4.69) is 16.8 Å². The molecule has 2 atom stereocenters. The van der Waals surface area contributed by atoms with Crippen molar-refractivity contribution in [3.63, 3.8) is 0 Å². The van der Waals surface area contributed by atoms with Crippen LogP contribution in [0.3, 0.4) is 0 Å². The molecule has 2 heterocycles. The standard InChI is InChI=1S/C14H19NS/c1-2-11-7-10(1)8-14(9-11)12-4-6-16-13(12)3-5-15-14/h4,6,10-11,15H,1-3,5,7-9H2. The molecule has 2 fully saturated rings. The Morgan fingerprint density at radius 3 is 2.88 bits per heavy atom. The molecule has 1 aromatic rings. The van der Waals surface area contributed by atoms with Gasteiger partial charge in [0.1, 0.15) is 0 Å². The third-order valence-electron chi connectivity index (χ3n) is 5.00. The Morgan fingerprint density at radius 2 is 2.06 bits per heavy atom. The summed E-state index contributed by atoms with van der Waals surface area (Å²) in [6, 6.07) is 2.40. The molecule has 0 amide bonds. The minimum absolute atomic E-state index is 0.387. The molecule has 16 heavy (non-hydrogen) atoms. The van der Waals surface area contributed by atoms with E-state index in [9.17, 15) is 0 Å². The minimum Gasteiger partial charge on any atom is -0.307 e.